The molecule has 1 N–H and O–H groups in total. The van der Waals surface area contributed by atoms with Gasteiger partial charge in [0.05, 0.1) is 0 Å². The Labute approximate surface area is 312 Å². The van der Waals surface area contributed by atoms with E-state index in [0.717, 1.165) is 62.4 Å². The number of ether oxygens (including phenoxy) is 6. The summed E-state index contributed by atoms with van der Waals surface area (Å²) in [6.45, 7) is -0.0930. The Bertz CT molecular complexity index is 2450. The average molecular weight is 717 g/mol. The Balaban J connectivity index is 1.19. The van der Waals surface area contributed by atoms with Crippen LogP contribution in [0.4, 0.5) is 0 Å². The van der Waals surface area contributed by atoms with E-state index in [1.54, 1.807) is 6.07 Å². The predicted molar refractivity (Wildman–Crippen MR) is 201 cm³/mol. The molecule has 8 nitrogen and oxygen atoms in total. The molecule has 12 heterocycles. The normalized spacial score (nSPS) is 15.0. The number of aromatic carboxylic acids is 1. The molecule has 0 saturated carbocycles. The Morgan fingerprint density at radius 1 is 0.370 bits per heavy atom. The van der Waals surface area contributed by atoms with Crippen molar-refractivity contribution in [2.45, 2.75) is 38.5 Å². The molecule has 12 aliphatic heterocycles. The van der Waals surface area contributed by atoms with Gasteiger partial charge in [0.1, 0.15) is 40.1 Å². The molecular formula is C46H36O8. The van der Waals surface area contributed by atoms with E-state index in [9.17, 15) is 9.90 Å². The largest absolute Gasteiger partial charge is 0.478 e. The highest BCUT2D eigenvalue weighted by Crippen LogP contribution is 2.37. The number of carboxylic acids is 1. The number of carbonyl (C=O) groups is 1. The van der Waals surface area contributed by atoms with Crippen molar-refractivity contribution in [2.75, 3.05) is 20.4 Å². The Morgan fingerprint density at radius 2 is 0.685 bits per heavy atom. The van der Waals surface area contributed by atoms with Gasteiger partial charge in [-0.1, -0.05) is 36.4 Å². The van der Waals surface area contributed by atoms with Gasteiger partial charge in [0.2, 0.25) is 20.4 Å². The molecule has 0 radical (unpaired) electrons. The SMILES string of the molecule is O=C(O)c1c2ccc3c1Cc1ccc4cc1Cc1ccc(cc1C3)OCOc1ccc3c(c1)Cc1ccc(cc1Cc1ccc(cc1C3)OCO2)OCO4. The molecule has 0 amide bonds. The summed E-state index contributed by atoms with van der Waals surface area (Å²) >= 11 is 0. The highest BCUT2D eigenvalue weighted by atomic mass is 16.7. The second kappa shape index (κ2) is 13.2. The van der Waals surface area contributed by atoms with E-state index in [0.29, 0.717) is 54.9 Å². The minimum Gasteiger partial charge on any atom is -0.478 e. The van der Waals surface area contributed by atoms with E-state index in [4.69, 9.17) is 28.4 Å². The molecule has 8 heteroatoms. The molecule has 268 valence electrons. The lowest BCUT2D eigenvalue weighted by molar-refractivity contribution is 0.0680. The summed E-state index contributed by atoms with van der Waals surface area (Å²) in [7, 11) is 0. The monoisotopic (exact) mass is 716 g/mol. The van der Waals surface area contributed by atoms with Crippen LogP contribution >= 0.6 is 0 Å². The van der Waals surface area contributed by atoms with Crippen LogP contribution in [0.5, 0.6) is 34.5 Å². The smallest absolute Gasteiger partial charge is 0.339 e. The van der Waals surface area contributed by atoms with Crippen molar-refractivity contribution >= 4 is 5.97 Å². The van der Waals surface area contributed by atoms with Gasteiger partial charge in [-0.2, -0.15) is 0 Å². The summed E-state index contributed by atoms with van der Waals surface area (Å²) in [4.78, 5) is 13.1. The van der Waals surface area contributed by atoms with E-state index in [2.05, 4.69) is 42.5 Å². The van der Waals surface area contributed by atoms with Crippen LogP contribution in [-0.2, 0) is 38.5 Å². The molecule has 0 unspecified atom stereocenters. The first kappa shape index (κ1) is 32.3. The topological polar surface area (TPSA) is 92.7 Å². The molecule has 14 aliphatic rings. The zero-order valence-corrected chi connectivity index (χ0v) is 29.5. The van der Waals surface area contributed by atoms with Crippen LogP contribution in [0.2, 0.25) is 0 Å². The van der Waals surface area contributed by atoms with Crippen molar-refractivity contribution in [3.63, 3.8) is 0 Å². The van der Waals surface area contributed by atoms with Crippen molar-refractivity contribution in [1.82, 2.24) is 0 Å². The quantitative estimate of drug-likeness (QED) is 0.181. The molecule has 54 heavy (non-hydrogen) atoms. The second-order valence-electron chi connectivity index (χ2n) is 14.3. The molecule has 0 saturated heterocycles. The highest BCUT2D eigenvalue weighted by molar-refractivity contribution is 5.93. The lowest BCUT2D eigenvalue weighted by atomic mass is 9.90. The summed E-state index contributed by atoms with van der Waals surface area (Å²) in [5, 5.41) is 10.7. The number of rotatable bonds is 1. The van der Waals surface area contributed by atoms with Crippen molar-refractivity contribution in [3.05, 3.63) is 175 Å². The number of carboxylic acid groups (broad SMARTS) is 1. The van der Waals surface area contributed by atoms with Crippen molar-refractivity contribution < 1.29 is 38.3 Å². The van der Waals surface area contributed by atoms with Crippen LogP contribution in [0.25, 0.3) is 0 Å². The fourth-order valence-electron chi connectivity index (χ4n) is 8.25. The molecule has 0 spiro atoms. The third-order valence-corrected chi connectivity index (χ3v) is 11.1. The fourth-order valence-corrected chi connectivity index (χ4v) is 8.25. The number of benzene rings is 6. The van der Waals surface area contributed by atoms with Crippen molar-refractivity contribution in [3.8, 4) is 34.5 Å². The molecular weight excluding hydrogens is 680 g/mol. The third-order valence-electron chi connectivity index (χ3n) is 11.1. The summed E-state index contributed by atoms with van der Waals surface area (Å²) in [5.74, 6) is 2.64. The molecule has 6 aromatic rings. The molecule has 20 rings (SSSR count). The zero-order valence-electron chi connectivity index (χ0n) is 29.5. The number of hydrogen-bond donors (Lipinski definition) is 1. The molecule has 0 aromatic heterocycles. The third kappa shape index (κ3) is 6.13. The Morgan fingerprint density at radius 3 is 1.06 bits per heavy atom. The van der Waals surface area contributed by atoms with Gasteiger partial charge >= 0.3 is 5.97 Å². The number of hydrogen-bond acceptors (Lipinski definition) is 7. The summed E-state index contributed by atoms with van der Waals surface area (Å²) in [6, 6.07) is 34.5. The predicted octanol–water partition coefficient (Wildman–Crippen LogP) is 8.43. The first-order chi connectivity index (χ1) is 26.5. The van der Waals surface area contributed by atoms with Gasteiger partial charge in [0.15, 0.2) is 0 Å². The minimum absolute atomic E-state index is 0.0301. The van der Waals surface area contributed by atoms with Crippen molar-refractivity contribution in [1.29, 1.82) is 0 Å². The molecule has 18 bridgehead atoms. The van der Waals surface area contributed by atoms with Gasteiger partial charge in [-0.05, 0) is 172 Å². The molecule has 0 fully saturated rings. The first-order valence-corrected chi connectivity index (χ1v) is 18.2. The highest BCUT2D eigenvalue weighted by Gasteiger charge is 2.25. The maximum atomic E-state index is 13.1. The zero-order chi connectivity index (χ0) is 36.2. The van der Waals surface area contributed by atoms with Crippen LogP contribution in [0.1, 0.15) is 77.1 Å². The van der Waals surface area contributed by atoms with Gasteiger partial charge in [0.25, 0.3) is 0 Å². The van der Waals surface area contributed by atoms with Gasteiger partial charge < -0.3 is 33.5 Å². The molecule has 6 aromatic carbocycles. The second-order valence-corrected chi connectivity index (χ2v) is 14.3. The standard InChI is InChI=1S/C46H36O8/c47-46(48)45-43-23-31-5-11-41-21-36(31)16-30-4-9-40-22-37(30)17-32(43)6-12-44(45)54-26-53-42-10-3-29-14-34-19-39(50-25-52-41)7-1-27(34)13-33-18-38(49-24-51-40)8-2-28(33)15-35(29)20-42/h1-12,18-22H,13-17,23-26H2,(H,47,48). The van der Waals surface area contributed by atoms with E-state index in [1.807, 2.05) is 54.6 Å². The van der Waals surface area contributed by atoms with E-state index in [1.165, 1.54) is 16.7 Å². The fraction of sp³-hybridized carbons (Fsp3) is 0.196. The lowest BCUT2D eigenvalue weighted by Crippen LogP contribution is -2.14. The van der Waals surface area contributed by atoms with Gasteiger partial charge in [0, 0.05) is 0 Å². The average Bonchev–Trinajstić information content (AvgIpc) is 3.27. The summed E-state index contributed by atoms with van der Waals surface area (Å²) in [6.07, 6.45) is 3.63. The van der Waals surface area contributed by atoms with Crippen molar-refractivity contribution in [2.24, 2.45) is 0 Å². The van der Waals surface area contributed by atoms with E-state index < -0.39 is 5.97 Å². The Hall–Kier alpha value is -6.41. The van der Waals surface area contributed by atoms with Gasteiger partial charge in [-0.3, -0.25) is 0 Å². The summed E-state index contributed by atoms with van der Waals surface area (Å²) in [5.41, 5.74) is 12.9. The van der Waals surface area contributed by atoms with Gasteiger partial charge in [-0.25, -0.2) is 4.79 Å². The van der Waals surface area contributed by atoms with E-state index in [-0.39, 0.29) is 31.7 Å². The van der Waals surface area contributed by atoms with Gasteiger partial charge in [-0.15, -0.1) is 0 Å². The maximum absolute atomic E-state index is 13.1. The van der Waals surface area contributed by atoms with Crippen LogP contribution in [0.15, 0.2) is 103 Å². The Kier molecular flexibility index (Phi) is 7.90. The van der Waals surface area contributed by atoms with Crippen LogP contribution in [0, 0.1) is 0 Å². The lowest BCUT2D eigenvalue weighted by Gasteiger charge is -2.19. The minimum atomic E-state index is -1.06. The first-order valence-electron chi connectivity index (χ1n) is 18.2. The van der Waals surface area contributed by atoms with Crippen LogP contribution in [-0.4, -0.2) is 31.5 Å². The van der Waals surface area contributed by atoms with Crippen LogP contribution < -0.4 is 28.4 Å². The van der Waals surface area contributed by atoms with E-state index >= 15 is 0 Å². The molecule has 2 aliphatic carbocycles. The maximum Gasteiger partial charge on any atom is 0.339 e. The van der Waals surface area contributed by atoms with Crippen LogP contribution in [0.3, 0.4) is 0 Å². The molecule has 0 atom stereocenters. The summed E-state index contributed by atoms with van der Waals surface area (Å²) < 4.78 is 37.4.